The smallest absolute Gasteiger partial charge is 0.219 e. The molecule has 21 heavy (non-hydrogen) atoms. The van der Waals surface area contributed by atoms with Gasteiger partial charge in [-0.1, -0.05) is 15.9 Å². The van der Waals surface area contributed by atoms with Crippen LogP contribution in [-0.4, -0.2) is 55.1 Å². The van der Waals surface area contributed by atoms with Crippen LogP contribution in [0.5, 0.6) is 11.5 Å². The molecule has 0 spiro atoms. The van der Waals surface area contributed by atoms with Gasteiger partial charge < -0.3 is 14.4 Å². The molecule has 2 aliphatic rings. The topological polar surface area (TPSA) is 42.0 Å². The Morgan fingerprint density at radius 2 is 1.76 bits per heavy atom. The Kier molecular flexibility index (Phi) is 4.35. The van der Waals surface area contributed by atoms with Gasteiger partial charge >= 0.3 is 0 Å². The number of hydrogen-bond acceptors (Lipinski definition) is 4. The van der Waals surface area contributed by atoms with Gasteiger partial charge in [0.05, 0.1) is 0 Å². The van der Waals surface area contributed by atoms with E-state index in [4.69, 9.17) is 9.47 Å². The largest absolute Gasteiger partial charge is 0.486 e. The number of halogens is 1. The number of ether oxygens (including phenoxy) is 2. The molecule has 1 saturated heterocycles. The zero-order valence-corrected chi connectivity index (χ0v) is 13.7. The molecule has 0 bridgehead atoms. The first-order valence-corrected chi connectivity index (χ1v) is 7.98. The summed E-state index contributed by atoms with van der Waals surface area (Å²) >= 11 is 3.61. The highest BCUT2D eigenvalue weighted by molar-refractivity contribution is 9.10. The highest BCUT2D eigenvalue weighted by atomic mass is 79.9. The maximum absolute atomic E-state index is 11.3. The molecule has 114 valence electrons. The van der Waals surface area contributed by atoms with Crippen molar-refractivity contribution in [2.45, 2.75) is 13.5 Å². The van der Waals surface area contributed by atoms with E-state index in [2.05, 4.69) is 26.9 Å². The fourth-order valence-corrected chi connectivity index (χ4v) is 3.14. The van der Waals surface area contributed by atoms with Crippen molar-refractivity contribution < 1.29 is 14.3 Å². The van der Waals surface area contributed by atoms with E-state index in [1.165, 1.54) is 5.56 Å². The van der Waals surface area contributed by atoms with Gasteiger partial charge in [0.2, 0.25) is 5.91 Å². The van der Waals surface area contributed by atoms with Gasteiger partial charge in [-0.2, -0.15) is 0 Å². The predicted molar refractivity (Wildman–Crippen MR) is 82.7 cm³/mol. The molecule has 0 radical (unpaired) electrons. The van der Waals surface area contributed by atoms with Crippen LogP contribution in [0.4, 0.5) is 0 Å². The van der Waals surface area contributed by atoms with Crippen molar-refractivity contribution in [1.29, 1.82) is 0 Å². The van der Waals surface area contributed by atoms with Crippen LogP contribution >= 0.6 is 15.9 Å². The molecule has 1 aromatic carbocycles. The number of carbonyl (C=O) groups is 1. The fraction of sp³-hybridized carbons (Fsp3) is 0.533. The van der Waals surface area contributed by atoms with E-state index in [-0.39, 0.29) is 5.91 Å². The second kappa shape index (κ2) is 6.23. The van der Waals surface area contributed by atoms with Crippen LogP contribution in [0.2, 0.25) is 0 Å². The molecule has 0 atom stereocenters. The van der Waals surface area contributed by atoms with Gasteiger partial charge in [0, 0.05) is 44.1 Å². The van der Waals surface area contributed by atoms with Crippen molar-refractivity contribution in [3.05, 3.63) is 22.2 Å². The third kappa shape index (κ3) is 3.32. The summed E-state index contributed by atoms with van der Waals surface area (Å²) in [7, 11) is 0. The maximum atomic E-state index is 11.3. The van der Waals surface area contributed by atoms with Gasteiger partial charge in [0.1, 0.15) is 13.2 Å². The first-order chi connectivity index (χ1) is 10.1. The van der Waals surface area contributed by atoms with Crippen LogP contribution in [0.1, 0.15) is 12.5 Å². The molecule has 2 aliphatic heterocycles. The molecule has 3 rings (SSSR count). The zero-order valence-electron chi connectivity index (χ0n) is 12.1. The van der Waals surface area contributed by atoms with Crippen LogP contribution in [0.3, 0.4) is 0 Å². The van der Waals surface area contributed by atoms with Crippen molar-refractivity contribution >= 4 is 21.8 Å². The second-order valence-corrected chi connectivity index (χ2v) is 6.22. The lowest BCUT2D eigenvalue weighted by atomic mass is 10.1. The zero-order chi connectivity index (χ0) is 14.8. The summed E-state index contributed by atoms with van der Waals surface area (Å²) in [6, 6.07) is 4.03. The lowest BCUT2D eigenvalue weighted by Crippen LogP contribution is -2.47. The Morgan fingerprint density at radius 3 is 2.38 bits per heavy atom. The van der Waals surface area contributed by atoms with Crippen molar-refractivity contribution in [1.82, 2.24) is 9.80 Å². The van der Waals surface area contributed by atoms with Crippen LogP contribution in [-0.2, 0) is 11.3 Å². The van der Waals surface area contributed by atoms with Crippen molar-refractivity contribution in [3.8, 4) is 11.5 Å². The summed E-state index contributed by atoms with van der Waals surface area (Å²) in [5, 5.41) is 0. The summed E-state index contributed by atoms with van der Waals surface area (Å²) in [6.07, 6.45) is 0. The first kappa shape index (κ1) is 14.7. The molecule has 1 amide bonds. The van der Waals surface area contributed by atoms with Gasteiger partial charge in [-0.15, -0.1) is 0 Å². The number of piperazine rings is 1. The predicted octanol–water partition coefficient (Wildman–Crippen LogP) is 1.88. The number of nitrogens with zero attached hydrogens (tertiary/aromatic N) is 2. The molecule has 1 aromatic rings. The number of amides is 1. The Hall–Kier alpha value is -1.27. The minimum Gasteiger partial charge on any atom is -0.486 e. The second-order valence-electron chi connectivity index (χ2n) is 5.37. The minimum absolute atomic E-state index is 0.162. The lowest BCUT2D eigenvalue weighted by molar-refractivity contribution is -0.130. The van der Waals surface area contributed by atoms with Crippen molar-refractivity contribution in [3.63, 3.8) is 0 Å². The van der Waals surface area contributed by atoms with E-state index < -0.39 is 0 Å². The summed E-state index contributed by atoms with van der Waals surface area (Å²) < 4.78 is 12.3. The summed E-state index contributed by atoms with van der Waals surface area (Å²) in [5.74, 6) is 1.79. The monoisotopic (exact) mass is 354 g/mol. The van der Waals surface area contributed by atoms with E-state index in [1.54, 1.807) is 6.92 Å². The third-order valence-electron chi connectivity index (χ3n) is 3.92. The molecule has 0 saturated carbocycles. The molecule has 0 aliphatic carbocycles. The van der Waals surface area contributed by atoms with E-state index in [9.17, 15) is 4.79 Å². The van der Waals surface area contributed by atoms with Crippen LogP contribution in [0.25, 0.3) is 0 Å². The number of rotatable bonds is 2. The minimum atomic E-state index is 0.162. The van der Waals surface area contributed by atoms with Gasteiger partial charge in [-0.25, -0.2) is 0 Å². The molecule has 2 heterocycles. The van der Waals surface area contributed by atoms with E-state index in [0.29, 0.717) is 13.2 Å². The molecular weight excluding hydrogens is 336 g/mol. The summed E-state index contributed by atoms with van der Waals surface area (Å²) in [6.45, 7) is 7.10. The van der Waals surface area contributed by atoms with Crippen molar-refractivity contribution in [2.24, 2.45) is 0 Å². The first-order valence-electron chi connectivity index (χ1n) is 7.19. The van der Waals surface area contributed by atoms with Gasteiger partial charge in [0.15, 0.2) is 11.5 Å². The van der Waals surface area contributed by atoms with E-state index in [1.807, 2.05) is 11.0 Å². The van der Waals surface area contributed by atoms with Crippen LogP contribution in [0.15, 0.2) is 16.6 Å². The Morgan fingerprint density at radius 1 is 1.14 bits per heavy atom. The summed E-state index contributed by atoms with van der Waals surface area (Å²) in [4.78, 5) is 15.6. The number of carbonyl (C=O) groups excluding carboxylic acids is 1. The molecule has 0 aromatic heterocycles. The van der Waals surface area contributed by atoms with E-state index in [0.717, 1.165) is 48.7 Å². The molecule has 0 N–H and O–H groups in total. The fourth-order valence-electron chi connectivity index (χ4n) is 2.69. The van der Waals surface area contributed by atoms with Crippen LogP contribution < -0.4 is 9.47 Å². The third-order valence-corrected chi connectivity index (χ3v) is 4.66. The SMILES string of the molecule is CC(=O)N1CCN(Cc2cc3c(cc2Br)OCCO3)CC1. The summed E-state index contributed by atoms with van der Waals surface area (Å²) in [5.41, 5.74) is 1.19. The molecule has 6 heteroatoms. The highest BCUT2D eigenvalue weighted by Gasteiger charge is 2.21. The average molecular weight is 355 g/mol. The lowest BCUT2D eigenvalue weighted by Gasteiger charge is -2.34. The maximum Gasteiger partial charge on any atom is 0.219 e. The Labute approximate surface area is 132 Å². The molecule has 1 fully saturated rings. The number of hydrogen-bond donors (Lipinski definition) is 0. The van der Waals surface area contributed by atoms with Gasteiger partial charge in [-0.05, 0) is 17.7 Å². The number of benzene rings is 1. The normalized spacial score (nSPS) is 18.7. The van der Waals surface area contributed by atoms with Crippen LogP contribution in [0, 0.1) is 0 Å². The molecule has 0 unspecified atom stereocenters. The highest BCUT2D eigenvalue weighted by Crippen LogP contribution is 2.36. The Balaban J connectivity index is 1.67. The quantitative estimate of drug-likeness (QED) is 0.813. The van der Waals surface area contributed by atoms with Gasteiger partial charge in [-0.3, -0.25) is 9.69 Å². The number of fused-ring (bicyclic) bond motifs is 1. The molecule has 5 nitrogen and oxygen atoms in total. The standard InChI is InChI=1S/C15H19BrN2O3/c1-11(19)18-4-2-17(3-5-18)10-12-8-14-15(9-13(12)16)21-7-6-20-14/h8-9H,2-7,10H2,1H3. The molecular formula is C15H19BrN2O3. The van der Waals surface area contributed by atoms with Gasteiger partial charge in [0.25, 0.3) is 0 Å². The van der Waals surface area contributed by atoms with E-state index >= 15 is 0 Å². The average Bonchev–Trinajstić information content (AvgIpc) is 2.48. The Bertz CT molecular complexity index is 542. The van der Waals surface area contributed by atoms with Crippen molar-refractivity contribution in [2.75, 3.05) is 39.4 Å².